The number of H-pyrrole nitrogens is 1. The molecule has 0 aliphatic carbocycles. The molecular formula is C17H16F2N4O2. The summed E-state index contributed by atoms with van der Waals surface area (Å²) in [4.78, 5) is 4.46. The Morgan fingerprint density at radius 3 is 2.84 bits per heavy atom. The fourth-order valence-corrected chi connectivity index (χ4v) is 2.29. The van der Waals surface area contributed by atoms with Crippen molar-refractivity contribution >= 4 is 5.69 Å². The lowest BCUT2D eigenvalue weighted by Crippen LogP contribution is -2.07. The molecule has 0 saturated carbocycles. The van der Waals surface area contributed by atoms with Gasteiger partial charge < -0.3 is 14.8 Å². The number of rotatable bonds is 7. The minimum Gasteiger partial charge on any atom is -0.497 e. The van der Waals surface area contributed by atoms with Crippen LogP contribution in [0.3, 0.4) is 0 Å². The van der Waals surface area contributed by atoms with E-state index in [1.54, 1.807) is 42.7 Å². The molecule has 2 heterocycles. The standard InChI is InChI=1S/C17H16F2N4O2/c1-24-14-4-2-3-11(7-14)16-15(25-17(18)19)6-5-12(23-16)8-20-13-9-21-22-10-13/h2-7,9-10,17,20H,8H2,1H3,(H,21,22). The first kappa shape index (κ1) is 16.7. The van der Waals surface area contributed by atoms with Crippen LogP contribution in [0.4, 0.5) is 14.5 Å². The van der Waals surface area contributed by atoms with Crippen molar-refractivity contribution in [3.05, 3.63) is 54.5 Å². The molecule has 0 unspecified atom stereocenters. The summed E-state index contributed by atoms with van der Waals surface area (Å²) >= 11 is 0. The maximum Gasteiger partial charge on any atom is 0.387 e. The maximum atomic E-state index is 12.7. The first-order valence-corrected chi connectivity index (χ1v) is 7.47. The molecule has 8 heteroatoms. The number of pyridine rings is 1. The van der Waals surface area contributed by atoms with Crippen molar-refractivity contribution in [2.75, 3.05) is 12.4 Å². The lowest BCUT2D eigenvalue weighted by molar-refractivity contribution is -0.0496. The van der Waals surface area contributed by atoms with Gasteiger partial charge in [0.05, 0.1) is 31.2 Å². The Bertz CT molecular complexity index is 825. The van der Waals surface area contributed by atoms with Gasteiger partial charge in [-0.3, -0.25) is 5.10 Å². The molecule has 130 valence electrons. The van der Waals surface area contributed by atoms with E-state index in [9.17, 15) is 8.78 Å². The van der Waals surface area contributed by atoms with Gasteiger partial charge in [-0.2, -0.15) is 13.9 Å². The van der Waals surface area contributed by atoms with E-state index in [1.807, 2.05) is 0 Å². The average Bonchev–Trinajstić information content (AvgIpc) is 3.14. The molecule has 0 fully saturated rings. The minimum atomic E-state index is -2.93. The quantitative estimate of drug-likeness (QED) is 0.683. The summed E-state index contributed by atoms with van der Waals surface area (Å²) in [6.45, 7) is -2.52. The molecule has 0 amide bonds. The van der Waals surface area contributed by atoms with Gasteiger partial charge in [0.2, 0.25) is 0 Å². The zero-order valence-electron chi connectivity index (χ0n) is 13.4. The van der Waals surface area contributed by atoms with Crippen LogP contribution in [-0.2, 0) is 6.54 Å². The number of benzene rings is 1. The molecular weight excluding hydrogens is 330 g/mol. The Kier molecular flexibility index (Phi) is 5.08. The molecule has 0 bridgehead atoms. The Morgan fingerprint density at radius 2 is 2.12 bits per heavy atom. The zero-order chi connectivity index (χ0) is 17.6. The van der Waals surface area contributed by atoms with Crippen LogP contribution in [0.5, 0.6) is 11.5 Å². The number of anilines is 1. The van der Waals surface area contributed by atoms with Crippen molar-refractivity contribution in [3.63, 3.8) is 0 Å². The summed E-state index contributed by atoms with van der Waals surface area (Å²) in [5, 5.41) is 9.67. The lowest BCUT2D eigenvalue weighted by atomic mass is 10.1. The van der Waals surface area contributed by atoms with Crippen molar-refractivity contribution < 1.29 is 18.3 Å². The van der Waals surface area contributed by atoms with Crippen LogP contribution in [-0.4, -0.2) is 28.9 Å². The number of hydrogen-bond donors (Lipinski definition) is 2. The third kappa shape index (κ3) is 4.23. The van der Waals surface area contributed by atoms with Gasteiger partial charge in [-0.15, -0.1) is 0 Å². The van der Waals surface area contributed by atoms with E-state index < -0.39 is 6.61 Å². The Hall–Kier alpha value is -3.16. The predicted octanol–water partition coefficient (Wildman–Crippen LogP) is 3.69. The smallest absolute Gasteiger partial charge is 0.387 e. The molecule has 3 aromatic rings. The highest BCUT2D eigenvalue weighted by molar-refractivity contribution is 5.68. The Labute approximate surface area is 142 Å². The van der Waals surface area contributed by atoms with Gasteiger partial charge in [-0.05, 0) is 24.3 Å². The van der Waals surface area contributed by atoms with Gasteiger partial charge in [0.25, 0.3) is 0 Å². The maximum absolute atomic E-state index is 12.7. The van der Waals surface area contributed by atoms with Gasteiger partial charge in [0.1, 0.15) is 11.4 Å². The summed E-state index contributed by atoms with van der Waals surface area (Å²) < 4.78 is 35.2. The number of methoxy groups -OCH3 is 1. The zero-order valence-corrected chi connectivity index (χ0v) is 13.4. The van der Waals surface area contributed by atoms with Crippen LogP contribution < -0.4 is 14.8 Å². The first-order valence-electron chi connectivity index (χ1n) is 7.47. The van der Waals surface area contributed by atoms with Crippen molar-refractivity contribution in [2.24, 2.45) is 0 Å². The fraction of sp³-hybridized carbons (Fsp3) is 0.176. The second kappa shape index (κ2) is 7.61. The van der Waals surface area contributed by atoms with Crippen molar-refractivity contribution in [3.8, 4) is 22.8 Å². The van der Waals surface area contributed by atoms with Crippen molar-refractivity contribution in [2.45, 2.75) is 13.2 Å². The van der Waals surface area contributed by atoms with Crippen LogP contribution in [0.1, 0.15) is 5.69 Å². The number of aromatic nitrogens is 3. The summed E-state index contributed by atoms with van der Waals surface area (Å²) in [5.41, 5.74) is 2.42. The number of ether oxygens (including phenoxy) is 2. The first-order chi connectivity index (χ1) is 12.2. The molecule has 0 spiro atoms. The third-order valence-electron chi connectivity index (χ3n) is 3.45. The highest BCUT2D eigenvalue weighted by atomic mass is 19.3. The van der Waals surface area contributed by atoms with Crippen LogP contribution in [0.2, 0.25) is 0 Å². The van der Waals surface area contributed by atoms with Gasteiger partial charge in [-0.1, -0.05) is 12.1 Å². The molecule has 0 atom stereocenters. The summed E-state index contributed by atoms with van der Waals surface area (Å²) in [5.74, 6) is 0.611. The van der Waals surface area contributed by atoms with E-state index in [0.29, 0.717) is 29.2 Å². The van der Waals surface area contributed by atoms with Crippen molar-refractivity contribution in [1.29, 1.82) is 0 Å². The molecule has 1 aromatic carbocycles. The van der Waals surface area contributed by atoms with Crippen LogP contribution in [0.15, 0.2) is 48.8 Å². The molecule has 0 aliphatic rings. The molecule has 0 saturated heterocycles. The largest absolute Gasteiger partial charge is 0.497 e. The number of aromatic amines is 1. The van der Waals surface area contributed by atoms with E-state index >= 15 is 0 Å². The second-order valence-electron chi connectivity index (χ2n) is 5.10. The molecule has 6 nitrogen and oxygen atoms in total. The topological polar surface area (TPSA) is 72.1 Å². The summed E-state index contributed by atoms with van der Waals surface area (Å²) in [6.07, 6.45) is 3.34. The third-order valence-corrected chi connectivity index (χ3v) is 3.45. The number of nitrogens with zero attached hydrogens (tertiary/aromatic N) is 2. The normalized spacial score (nSPS) is 10.7. The second-order valence-corrected chi connectivity index (χ2v) is 5.10. The Morgan fingerprint density at radius 1 is 1.24 bits per heavy atom. The number of nitrogens with one attached hydrogen (secondary N) is 2. The Balaban J connectivity index is 1.92. The van der Waals surface area contributed by atoms with E-state index in [2.05, 4.69) is 25.2 Å². The fourth-order valence-electron chi connectivity index (χ4n) is 2.29. The van der Waals surface area contributed by atoms with E-state index in [1.165, 1.54) is 13.2 Å². The molecule has 2 N–H and O–H groups in total. The number of halogens is 2. The van der Waals surface area contributed by atoms with E-state index in [-0.39, 0.29) is 5.75 Å². The predicted molar refractivity (Wildman–Crippen MR) is 88.8 cm³/mol. The summed E-state index contributed by atoms with van der Waals surface area (Å²) in [6, 6.07) is 10.1. The number of alkyl halides is 2. The SMILES string of the molecule is COc1cccc(-c2nc(CNc3cn[nH]c3)ccc2OC(F)F)c1. The lowest BCUT2D eigenvalue weighted by Gasteiger charge is -2.13. The van der Waals surface area contributed by atoms with Gasteiger partial charge >= 0.3 is 6.61 Å². The monoisotopic (exact) mass is 346 g/mol. The molecule has 2 aromatic heterocycles. The molecule has 25 heavy (non-hydrogen) atoms. The van der Waals surface area contributed by atoms with Gasteiger partial charge in [0.15, 0.2) is 5.75 Å². The summed E-state index contributed by atoms with van der Waals surface area (Å²) in [7, 11) is 1.54. The molecule has 3 rings (SSSR count). The van der Waals surface area contributed by atoms with Crippen LogP contribution >= 0.6 is 0 Å². The molecule has 0 radical (unpaired) electrons. The van der Waals surface area contributed by atoms with Crippen LogP contribution in [0, 0.1) is 0 Å². The highest BCUT2D eigenvalue weighted by Gasteiger charge is 2.14. The van der Waals surface area contributed by atoms with Crippen LogP contribution in [0.25, 0.3) is 11.3 Å². The van der Waals surface area contributed by atoms with Gasteiger partial charge in [0, 0.05) is 11.8 Å². The van der Waals surface area contributed by atoms with E-state index in [0.717, 1.165) is 5.69 Å². The highest BCUT2D eigenvalue weighted by Crippen LogP contribution is 2.31. The van der Waals surface area contributed by atoms with Gasteiger partial charge in [-0.25, -0.2) is 4.98 Å². The molecule has 0 aliphatic heterocycles. The average molecular weight is 346 g/mol. The number of hydrogen-bond acceptors (Lipinski definition) is 5. The van der Waals surface area contributed by atoms with Crippen molar-refractivity contribution in [1.82, 2.24) is 15.2 Å². The minimum absolute atomic E-state index is 0.00955. The van der Waals surface area contributed by atoms with E-state index in [4.69, 9.17) is 4.74 Å².